The Morgan fingerprint density at radius 2 is 2.07 bits per heavy atom. The molecule has 0 spiro atoms. The molecule has 0 N–H and O–H groups in total. The summed E-state index contributed by atoms with van der Waals surface area (Å²) in [5.74, 6) is -0.987. The molecular formula is C9H14N2O3. The molecule has 0 aliphatic carbocycles. The maximum atomic E-state index is 11.2. The van der Waals surface area contributed by atoms with Gasteiger partial charge in [0.2, 0.25) is 11.9 Å². The SMILES string of the molecule is CCOC(=O)C(C#N)N(CC)C(C)=O. The van der Waals surface area contributed by atoms with Crippen LogP contribution in [0.1, 0.15) is 20.8 Å². The van der Waals surface area contributed by atoms with Gasteiger partial charge in [0.1, 0.15) is 0 Å². The van der Waals surface area contributed by atoms with Crippen molar-refractivity contribution in [1.29, 1.82) is 5.26 Å². The summed E-state index contributed by atoms with van der Waals surface area (Å²) in [6.07, 6.45) is 0. The van der Waals surface area contributed by atoms with Crippen molar-refractivity contribution in [2.45, 2.75) is 26.8 Å². The highest BCUT2D eigenvalue weighted by molar-refractivity contribution is 5.85. The fourth-order valence-electron chi connectivity index (χ4n) is 1.06. The van der Waals surface area contributed by atoms with E-state index >= 15 is 0 Å². The third-order valence-corrected chi connectivity index (χ3v) is 1.69. The zero-order valence-corrected chi connectivity index (χ0v) is 8.61. The van der Waals surface area contributed by atoms with Crippen molar-refractivity contribution in [1.82, 2.24) is 4.90 Å². The lowest BCUT2D eigenvalue weighted by Gasteiger charge is -2.22. The molecule has 0 aliphatic rings. The van der Waals surface area contributed by atoms with Gasteiger partial charge in [0.25, 0.3) is 0 Å². The fraction of sp³-hybridized carbons (Fsp3) is 0.667. The van der Waals surface area contributed by atoms with Crippen LogP contribution in [-0.4, -0.2) is 36.0 Å². The van der Waals surface area contributed by atoms with Crippen molar-refractivity contribution in [3.63, 3.8) is 0 Å². The second kappa shape index (κ2) is 5.97. The molecule has 0 aromatic heterocycles. The smallest absolute Gasteiger partial charge is 0.343 e. The summed E-state index contributed by atoms with van der Waals surface area (Å²) in [7, 11) is 0. The maximum absolute atomic E-state index is 11.2. The Balaban J connectivity index is 4.61. The van der Waals surface area contributed by atoms with Crippen molar-refractivity contribution in [2.75, 3.05) is 13.2 Å². The van der Waals surface area contributed by atoms with Crippen LogP contribution in [0, 0.1) is 11.3 Å². The topological polar surface area (TPSA) is 70.4 Å². The zero-order valence-electron chi connectivity index (χ0n) is 8.61. The molecule has 0 aromatic rings. The minimum absolute atomic E-state index is 0.201. The molecule has 0 aromatic carbocycles. The lowest BCUT2D eigenvalue weighted by molar-refractivity contribution is -0.151. The van der Waals surface area contributed by atoms with Gasteiger partial charge in [-0.1, -0.05) is 0 Å². The number of likely N-dealkylation sites (N-methyl/N-ethyl adjacent to an activating group) is 1. The molecule has 0 saturated heterocycles. The third kappa shape index (κ3) is 3.05. The molecule has 78 valence electrons. The first-order chi connectivity index (χ1) is 6.58. The van der Waals surface area contributed by atoms with Crippen molar-refractivity contribution < 1.29 is 14.3 Å². The number of hydrogen-bond acceptors (Lipinski definition) is 4. The van der Waals surface area contributed by atoms with E-state index < -0.39 is 12.0 Å². The van der Waals surface area contributed by atoms with Gasteiger partial charge in [0.05, 0.1) is 12.7 Å². The summed E-state index contributed by atoms with van der Waals surface area (Å²) in [6.45, 7) is 5.17. The molecule has 0 radical (unpaired) electrons. The third-order valence-electron chi connectivity index (χ3n) is 1.69. The molecule has 1 atom stereocenters. The average Bonchev–Trinajstić information content (AvgIpc) is 2.13. The molecule has 0 bridgehead atoms. The minimum Gasteiger partial charge on any atom is -0.464 e. The molecular weight excluding hydrogens is 184 g/mol. The highest BCUT2D eigenvalue weighted by Gasteiger charge is 2.27. The first-order valence-corrected chi connectivity index (χ1v) is 4.41. The minimum atomic E-state index is -1.13. The second-order valence-electron chi connectivity index (χ2n) is 2.59. The lowest BCUT2D eigenvalue weighted by atomic mass is 10.2. The second-order valence-corrected chi connectivity index (χ2v) is 2.59. The van der Waals surface area contributed by atoms with E-state index in [0.717, 1.165) is 4.90 Å². The number of amides is 1. The van der Waals surface area contributed by atoms with Crippen LogP contribution in [-0.2, 0) is 14.3 Å². The summed E-state index contributed by atoms with van der Waals surface area (Å²) >= 11 is 0. The van der Waals surface area contributed by atoms with Gasteiger partial charge in [-0.05, 0) is 13.8 Å². The first-order valence-electron chi connectivity index (χ1n) is 4.41. The molecule has 0 heterocycles. The Morgan fingerprint density at radius 3 is 2.36 bits per heavy atom. The Kier molecular flexibility index (Phi) is 5.30. The van der Waals surface area contributed by atoms with Crippen molar-refractivity contribution in [3.05, 3.63) is 0 Å². The van der Waals surface area contributed by atoms with Crippen LogP contribution < -0.4 is 0 Å². The van der Waals surface area contributed by atoms with E-state index in [2.05, 4.69) is 4.74 Å². The van der Waals surface area contributed by atoms with Gasteiger partial charge in [0, 0.05) is 13.5 Å². The number of ether oxygens (including phenoxy) is 1. The highest BCUT2D eigenvalue weighted by Crippen LogP contribution is 2.01. The number of nitrogens with zero attached hydrogens (tertiary/aromatic N) is 2. The number of hydrogen-bond donors (Lipinski definition) is 0. The van der Waals surface area contributed by atoms with Crippen molar-refractivity contribution >= 4 is 11.9 Å². The van der Waals surface area contributed by atoms with E-state index in [4.69, 9.17) is 5.26 Å². The zero-order chi connectivity index (χ0) is 11.1. The first kappa shape index (κ1) is 12.4. The van der Waals surface area contributed by atoms with Crippen LogP contribution in [0.15, 0.2) is 0 Å². The normalized spacial score (nSPS) is 11.3. The summed E-state index contributed by atoms with van der Waals surface area (Å²) in [6, 6.07) is 0.622. The van der Waals surface area contributed by atoms with E-state index in [1.807, 2.05) is 0 Å². The predicted molar refractivity (Wildman–Crippen MR) is 49.1 cm³/mol. The van der Waals surface area contributed by atoms with E-state index in [1.165, 1.54) is 6.92 Å². The molecule has 0 rings (SSSR count). The summed E-state index contributed by atoms with van der Waals surface area (Å²) in [5, 5.41) is 8.73. The van der Waals surface area contributed by atoms with Crippen LogP contribution in [0.2, 0.25) is 0 Å². The van der Waals surface area contributed by atoms with E-state index in [-0.39, 0.29) is 12.5 Å². The van der Waals surface area contributed by atoms with Crippen LogP contribution >= 0.6 is 0 Å². The summed E-state index contributed by atoms with van der Waals surface area (Å²) in [4.78, 5) is 23.5. The van der Waals surface area contributed by atoms with Gasteiger partial charge >= 0.3 is 5.97 Å². The van der Waals surface area contributed by atoms with Gasteiger partial charge < -0.3 is 9.64 Å². The Bertz CT molecular complexity index is 257. The molecule has 5 heteroatoms. The van der Waals surface area contributed by atoms with Gasteiger partial charge in [-0.2, -0.15) is 5.26 Å². The number of nitriles is 1. The van der Waals surface area contributed by atoms with Gasteiger partial charge in [-0.15, -0.1) is 0 Å². The van der Waals surface area contributed by atoms with Crippen LogP contribution in [0.5, 0.6) is 0 Å². The number of carbonyl (C=O) groups is 2. The standard InChI is InChI=1S/C9H14N2O3/c1-4-11(7(3)12)8(6-10)9(13)14-5-2/h8H,4-5H2,1-3H3. The molecule has 0 saturated carbocycles. The van der Waals surface area contributed by atoms with E-state index in [1.54, 1.807) is 19.9 Å². The number of rotatable bonds is 4. The van der Waals surface area contributed by atoms with Crippen LogP contribution in [0.3, 0.4) is 0 Å². The highest BCUT2D eigenvalue weighted by atomic mass is 16.5. The fourth-order valence-corrected chi connectivity index (χ4v) is 1.06. The summed E-state index contributed by atoms with van der Waals surface area (Å²) < 4.78 is 4.67. The molecule has 0 fully saturated rings. The molecule has 1 unspecified atom stereocenters. The number of carbonyl (C=O) groups excluding carboxylic acids is 2. The average molecular weight is 198 g/mol. The Morgan fingerprint density at radius 1 is 1.50 bits per heavy atom. The van der Waals surface area contributed by atoms with Crippen LogP contribution in [0.25, 0.3) is 0 Å². The molecule has 14 heavy (non-hydrogen) atoms. The van der Waals surface area contributed by atoms with Crippen molar-refractivity contribution in [2.24, 2.45) is 0 Å². The van der Waals surface area contributed by atoms with E-state index in [9.17, 15) is 9.59 Å². The Labute approximate surface area is 83.2 Å². The van der Waals surface area contributed by atoms with E-state index in [0.29, 0.717) is 6.54 Å². The summed E-state index contributed by atoms with van der Waals surface area (Å²) in [5.41, 5.74) is 0. The monoisotopic (exact) mass is 198 g/mol. The predicted octanol–water partition coefficient (Wildman–Crippen LogP) is 0.310. The molecule has 0 aliphatic heterocycles. The lowest BCUT2D eigenvalue weighted by Crippen LogP contribution is -2.43. The van der Waals surface area contributed by atoms with Crippen molar-refractivity contribution in [3.8, 4) is 6.07 Å². The maximum Gasteiger partial charge on any atom is 0.343 e. The van der Waals surface area contributed by atoms with Gasteiger partial charge in [-0.3, -0.25) is 4.79 Å². The molecule has 5 nitrogen and oxygen atoms in total. The Hall–Kier alpha value is -1.57. The van der Waals surface area contributed by atoms with Crippen LogP contribution in [0.4, 0.5) is 0 Å². The largest absolute Gasteiger partial charge is 0.464 e. The van der Waals surface area contributed by atoms with Gasteiger partial charge in [0.15, 0.2) is 0 Å². The quantitative estimate of drug-likeness (QED) is 0.609. The van der Waals surface area contributed by atoms with Gasteiger partial charge in [-0.25, -0.2) is 4.79 Å². The number of esters is 1. The molecule has 1 amide bonds.